The van der Waals surface area contributed by atoms with Crippen molar-refractivity contribution in [3.05, 3.63) is 94.2 Å². The van der Waals surface area contributed by atoms with Crippen LogP contribution in [0.5, 0.6) is 5.75 Å². The van der Waals surface area contributed by atoms with Gasteiger partial charge in [-0.2, -0.15) is 0 Å². The van der Waals surface area contributed by atoms with Gasteiger partial charge >= 0.3 is 0 Å². The fourth-order valence-electron chi connectivity index (χ4n) is 3.09. The van der Waals surface area contributed by atoms with Gasteiger partial charge in [0.2, 0.25) is 0 Å². The van der Waals surface area contributed by atoms with Crippen molar-refractivity contribution in [2.45, 2.75) is 6.42 Å². The molecule has 0 bridgehead atoms. The first kappa shape index (κ1) is 15.9. The summed E-state index contributed by atoms with van der Waals surface area (Å²) in [4.78, 5) is 10.4. The number of phenols is 1. The summed E-state index contributed by atoms with van der Waals surface area (Å²) in [5, 5.41) is 22.0. The summed E-state index contributed by atoms with van der Waals surface area (Å²) in [5.41, 5.74) is 3.12. The molecule has 0 unspecified atom stereocenters. The van der Waals surface area contributed by atoms with Crippen molar-refractivity contribution in [3.8, 4) is 16.9 Å². The molecule has 0 aliphatic rings. The number of benzene rings is 3. The Balaban J connectivity index is 1.79. The summed E-state index contributed by atoms with van der Waals surface area (Å²) < 4.78 is 5.93. The number of non-ortho nitro benzene ring substituents is 1. The van der Waals surface area contributed by atoms with Crippen molar-refractivity contribution in [3.63, 3.8) is 0 Å². The van der Waals surface area contributed by atoms with Gasteiger partial charge in [-0.15, -0.1) is 0 Å². The lowest BCUT2D eigenvalue weighted by molar-refractivity contribution is -0.384. The Hall–Kier alpha value is -3.60. The molecule has 1 N–H and O–H groups in total. The van der Waals surface area contributed by atoms with Gasteiger partial charge in [0, 0.05) is 29.5 Å². The molecule has 0 radical (unpaired) electrons. The second-order valence-corrected chi connectivity index (χ2v) is 6.05. The predicted octanol–water partition coefficient (Wildman–Crippen LogP) is 5.30. The number of hydrogen-bond donors (Lipinski definition) is 1. The van der Waals surface area contributed by atoms with Crippen LogP contribution in [0.3, 0.4) is 0 Å². The lowest BCUT2D eigenvalue weighted by Crippen LogP contribution is -1.87. The minimum absolute atomic E-state index is 0.0115. The van der Waals surface area contributed by atoms with E-state index in [0.717, 1.165) is 16.7 Å². The zero-order valence-corrected chi connectivity index (χ0v) is 13.8. The fourth-order valence-corrected chi connectivity index (χ4v) is 3.09. The number of rotatable bonds is 4. The SMILES string of the molecule is O=[N+]([O-])c1ccc(-c2c(O)ccc3oc(Cc4ccccc4)cc23)cc1. The molecule has 1 aromatic heterocycles. The lowest BCUT2D eigenvalue weighted by atomic mass is 10.00. The van der Waals surface area contributed by atoms with Gasteiger partial charge < -0.3 is 9.52 Å². The number of nitrogens with zero attached hydrogens (tertiary/aromatic N) is 1. The van der Waals surface area contributed by atoms with Gasteiger partial charge in [-0.1, -0.05) is 30.3 Å². The summed E-state index contributed by atoms with van der Waals surface area (Å²) in [6, 6.07) is 21.3. The van der Waals surface area contributed by atoms with Gasteiger partial charge in [0.25, 0.3) is 5.69 Å². The molecule has 0 saturated heterocycles. The molecule has 26 heavy (non-hydrogen) atoms. The van der Waals surface area contributed by atoms with E-state index in [9.17, 15) is 15.2 Å². The highest BCUT2D eigenvalue weighted by Crippen LogP contribution is 2.38. The topological polar surface area (TPSA) is 76.5 Å². The average molecular weight is 345 g/mol. The predicted molar refractivity (Wildman–Crippen MR) is 99.2 cm³/mol. The third kappa shape index (κ3) is 2.91. The van der Waals surface area contributed by atoms with Crippen LogP contribution in [0.2, 0.25) is 0 Å². The molecule has 4 aromatic rings. The van der Waals surface area contributed by atoms with Crippen LogP contribution >= 0.6 is 0 Å². The molecule has 0 aliphatic carbocycles. The molecule has 5 nitrogen and oxygen atoms in total. The average Bonchev–Trinajstić information content (AvgIpc) is 3.05. The maximum absolute atomic E-state index is 10.8. The molecular weight excluding hydrogens is 330 g/mol. The Kier molecular flexibility index (Phi) is 3.89. The van der Waals surface area contributed by atoms with E-state index in [4.69, 9.17) is 4.42 Å². The van der Waals surface area contributed by atoms with E-state index in [0.29, 0.717) is 23.1 Å². The highest BCUT2D eigenvalue weighted by Gasteiger charge is 2.15. The van der Waals surface area contributed by atoms with Crippen LogP contribution in [0, 0.1) is 10.1 Å². The monoisotopic (exact) mass is 345 g/mol. The molecule has 0 amide bonds. The normalized spacial score (nSPS) is 10.9. The molecule has 0 saturated carbocycles. The standard InChI is InChI=1S/C21H15NO4/c23-19-10-11-20-18(13-17(26-20)12-14-4-2-1-3-5-14)21(19)15-6-8-16(9-7-15)22(24)25/h1-11,13,23H,12H2. The van der Waals surface area contributed by atoms with Crippen molar-refractivity contribution in [1.82, 2.24) is 0 Å². The number of furan rings is 1. The summed E-state index contributed by atoms with van der Waals surface area (Å²) in [7, 11) is 0. The number of phenolic OH excluding ortho intramolecular Hbond substituents is 1. The van der Waals surface area contributed by atoms with Crippen LogP contribution in [0.25, 0.3) is 22.1 Å². The van der Waals surface area contributed by atoms with Crippen LogP contribution in [0.1, 0.15) is 11.3 Å². The van der Waals surface area contributed by atoms with Gasteiger partial charge in [0.15, 0.2) is 0 Å². The summed E-state index contributed by atoms with van der Waals surface area (Å²) in [5.74, 6) is 0.901. The Labute approximate surface area is 149 Å². The molecule has 1 heterocycles. The van der Waals surface area contributed by atoms with Gasteiger partial charge in [-0.25, -0.2) is 0 Å². The number of hydrogen-bond acceptors (Lipinski definition) is 4. The molecule has 3 aromatic carbocycles. The highest BCUT2D eigenvalue weighted by atomic mass is 16.6. The van der Waals surface area contributed by atoms with E-state index in [1.807, 2.05) is 36.4 Å². The molecule has 128 valence electrons. The first-order chi connectivity index (χ1) is 12.6. The van der Waals surface area contributed by atoms with Crippen molar-refractivity contribution < 1.29 is 14.4 Å². The largest absolute Gasteiger partial charge is 0.507 e. The lowest BCUT2D eigenvalue weighted by Gasteiger charge is -2.05. The zero-order valence-electron chi connectivity index (χ0n) is 13.8. The first-order valence-corrected chi connectivity index (χ1v) is 8.15. The molecule has 4 rings (SSSR count). The van der Waals surface area contributed by atoms with Crippen LogP contribution in [-0.4, -0.2) is 10.0 Å². The van der Waals surface area contributed by atoms with Crippen LogP contribution in [0.15, 0.2) is 77.2 Å². The highest BCUT2D eigenvalue weighted by molar-refractivity contribution is 5.97. The number of nitro groups is 1. The van der Waals surface area contributed by atoms with E-state index in [2.05, 4.69) is 0 Å². The minimum atomic E-state index is -0.444. The van der Waals surface area contributed by atoms with Crippen molar-refractivity contribution >= 4 is 16.7 Å². The maximum atomic E-state index is 10.8. The number of aromatic hydroxyl groups is 1. The van der Waals surface area contributed by atoms with E-state index >= 15 is 0 Å². The summed E-state index contributed by atoms with van der Waals surface area (Å²) in [6.45, 7) is 0. The van der Waals surface area contributed by atoms with E-state index in [1.165, 1.54) is 12.1 Å². The van der Waals surface area contributed by atoms with Crippen molar-refractivity contribution in [2.24, 2.45) is 0 Å². The van der Waals surface area contributed by atoms with Crippen molar-refractivity contribution in [2.75, 3.05) is 0 Å². The molecular formula is C21H15NO4. The van der Waals surface area contributed by atoms with Crippen LogP contribution < -0.4 is 0 Å². The quantitative estimate of drug-likeness (QED) is 0.402. The van der Waals surface area contributed by atoms with Crippen LogP contribution in [-0.2, 0) is 6.42 Å². The molecule has 0 fully saturated rings. The van der Waals surface area contributed by atoms with Gasteiger partial charge in [0.05, 0.1) is 4.92 Å². The van der Waals surface area contributed by atoms with Gasteiger partial charge in [0.1, 0.15) is 17.1 Å². The second-order valence-electron chi connectivity index (χ2n) is 6.05. The molecule has 5 heteroatoms. The van der Waals surface area contributed by atoms with Crippen LogP contribution in [0.4, 0.5) is 5.69 Å². The Morgan fingerprint density at radius 2 is 1.69 bits per heavy atom. The Morgan fingerprint density at radius 3 is 2.38 bits per heavy atom. The van der Waals surface area contributed by atoms with Gasteiger partial charge in [-0.3, -0.25) is 10.1 Å². The Morgan fingerprint density at radius 1 is 0.962 bits per heavy atom. The molecule has 0 atom stereocenters. The fraction of sp³-hybridized carbons (Fsp3) is 0.0476. The van der Waals surface area contributed by atoms with E-state index in [1.54, 1.807) is 24.3 Å². The second kappa shape index (κ2) is 6.37. The van der Waals surface area contributed by atoms with Crippen molar-refractivity contribution in [1.29, 1.82) is 0 Å². The summed E-state index contributed by atoms with van der Waals surface area (Å²) >= 11 is 0. The Bertz CT molecular complexity index is 1080. The minimum Gasteiger partial charge on any atom is -0.507 e. The maximum Gasteiger partial charge on any atom is 0.269 e. The third-order valence-corrected chi connectivity index (χ3v) is 4.32. The molecule has 0 spiro atoms. The summed E-state index contributed by atoms with van der Waals surface area (Å²) in [6.07, 6.45) is 0.649. The first-order valence-electron chi connectivity index (χ1n) is 8.15. The van der Waals surface area contributed by atoms with E-state index < -0.39 is 4.92 Å². The molecule has 0 aliphatic heterocycles. The number of nitro benzene ring substituents is 1. The van der Waals surface area contributed by atoms with Gasteiger partial charge in [-0.05, 0) is 41.5 Å². The smallest absolute Gasteiger partial charge is 0.269 e. The van der Waals surface area contributed by atoms with E-state index in [-0.39, 0.29) is 11.4 Å². The zero-order chi connectivity index (χ0) is 18.1. The number of fused-ring (bicyclic) bond motifs is 1. The third-order valence-electron chi connectivity index (χ3n) is 4.32.